The van der Waals surface area contributed by atoms with E-state index in [9.17, 15) is 0 Å². The number of anilines is 3. The first-order valence-electron chi connectivity index (χ1n) is 15.3. The molecule has 0 unspecified atom stereocenters. The maximum atomic E-state index is 5.03. The van der Waals surface area contributed by atoms with E-state index in [1.54, 1.807) is 0 Å². The molecule has 0 fully saturated rings. The zero-order valence-electron chi connectivity index (χ0n) is 24.4. The third kappa shape index (κ3) is 3.66. The van der Waals surface area contributed by atoms with Crippen LogP contribution in [-0.4, -0.2) is 9.55 Å². The molecule has 0 amide bonds. The van der Waals surface area contributed by atoms with E-state index in [1.165, 1.54) is 49.3 Å². The largest absolute Gasteiger partial charge is 0.306 e. The summed E-state index contributed by atoms with van der Waals surface area (Å²) in [7, 11) is 0. The van der Waals surface area contributed by atoms with E-state index in [1.807, 2.05) is 0 Å². The summed E-state index contributed by atoms with van der Waals surface area (Å²) in [6.07, 6.45) is 0.867. The first-order chi connectivity index (χ1) is 21.8. The molecule has 0 saturated heterocycles. The molecule has 0 N–H and O–H groups in total. The Balaban J connectivity index is 1.20. The van der Waals surface area contributed by atoms with Gasteiger partial charge in [0.2, 0.25) is 0 Å². The second-order valence-electron chi connectivity index (χ2n) is 11.5. The summed E-state index contributed by atoms with van der Waals surface area (Å²) in [5.74, 6) is 1.08. The van der Waals surface area contributed by atoms with Crippen molar-refractivity contribution in [3.05, 3.63) is 151 Å². The van der Waals surface area contributed by atoms with Crippen LogP contribution >= 0.6 is 0 Å². The van der Waals surface area contributed by atoms with Crippen molar-refractivity contribution in [3.63, 3.8) is 0 Å². The fourth-order valence-corrected chi connectivity index (χ4v) is 7.03. The number of hydrogen-bond acceptors (Lipinski definition) is 2. The zero-order chi connectivity index (χ0) is 29.2. The van der Waals surface area contributed by atoms with Crippen molar-refractivity contribution >= 4 is 49.6 Å². The van der Waals surface area contributed by atoms with Crippen molar-refractivity contribution in [3.8, 4) is 27.9 Å². The zero-order valence-corrected chi connectivity index (χ0v) is 24.4. The summed E-state index contributed by atoms with van der Waals surface area (Å²) in [4.78, 5) is 7.41. The van der Waals surface area contributed by atoms with Crippen LogP contribution in [0.4, 0.5) is 17.1 Å². The van der Waals surface area contributed by atoms with Crippen LogP contribution in [0.3, 0.4) is 0 Å². The number of hydrogen-bond donors (Lipinski definition) is 0. The Kier molecular flexibility index (Phi) is 5.48. The van der Waals surface area contributed by atoms with Crippen molar-refractivity contribution in [1.29, 1.82) is 0 Å². The van der Waals surface area contributed by atoms with Gasteiger partial charge in [-0.1, -0.05) is 110 Å². The minimum Gasteiger partial charge on any atom is -0.306 e. The van der Waals surface area contributed by atoms with Crippen LogP contribution in [0.15, 0.2) is 146 Å². The van der Waals surface area contributed by atoms with E-state index in [2.05, 4.69) is 162 Å². The van der Waals surface area contributed by atoms with Crippen molar-refractivity contribution in [2.24, 2.45) is 0 Å². The molecule has 0 spiro atoms. The minimum atomic E-state index is 0.867. The monoisotopic (exact) mass is 563 g/mol. The Hall–Kier alpha value is -5.67. The number of rotatable bonds is 4. The van der Waals surface area contributed by atoms with E-state index in [0.29, 0.717) is 0 Å². The average molecular weight is 564 g/mol. The molecular weight excluding hydrogens is 534 g/mol. The molecular formula is C41H29N3. The van der Waals surface area contributed by atoms with Gasteiger partial charge >= 0.3 is 0 Å². The van der Waals surface area contributed by atoms with Gasteiger partial charge in [-0.15, -0.1) is 0 Å². The van der Waals surface area contributed by atoms with Gasteiger partial charge in [-0.3, -0.25) is 4.57 Å². The SMILES string of the molecule is CCc1nc2cccc3c2n1-c1ccc(-c2ccc(-c4cc5ccccc5c5ccccc45)cc2)cc1N3c1ccccc1. The molecule has 1 aliphatic heterocycles. The Labute approximate surface area is 256 Å². The number of imidazole rings is 1. The molecule has 0 radical (unpaired) electrons. The van der Waals surface area contributed by atoms with Gasteiger partial charge in [-0.25, -0.2) is 4.98 Å². The van der Waals surface area contributed by atoms with Crippen LogP contribution in [0.5, 0.6) is 0 Å². The Bertz CT molecular complexity index is 2370. The third-order valence-electron chi connectivity index (χ3n) is 9.05. The number of para-hydroxylation sites is 2. The van der Waals surface area contributed by atoms with Gasteiger partial charge in [0.25, 0.3) is 0 Å². The topological polar surface area (TPSA) is 21.1 Å². The van der Waals surface area contributed by atoms with Crippen LogP contribution in [0, 0.1) is 0 Å². The minimum absolute atomic E-state index is 0.867. The number of nitrogens with zero attached hydrogens (tertiary/aromatic N) is 3. The molecule has 7 aromatic carbocycles. The third-order valence-corrected chi connectivity index (χ3v) is 9.05. The molecule has 2 heterocycles. The fourth-order valence-electron chi connectivity index (χ4n) is 7.03. The molecule has 8 aromatic rings. The summed E-state index contributed by atoms with van der Waals surface area (Å²) >= 11 is 0. The highest BCUT2D eigenvalue weighted by Gasteiger charge is 2.28. The van der Waals surface area contributed by atoms with Gasteiger partial charge in [0.1, 0.15) is 5.82 Å². The summed E-state index contributed by atoms with van der Waals surface area (Å²) in [5, 5.41) is 5.13. The Morgan fingerprint density at radius 1 is 0.523 bits per heavy atom. The lowest BCUT2D eigenvalue weighted by molar-refractivity contribution is 0.900. The Morgan fingerprint density at radius 2 is 1.23 bits per heavy atom. The molecule has 44 heavy (non-hydrogen) atoms. The molecule has 1 aliphatic rings. The van der Waals surface area contributed by atoms with Crippen LogP contribution in [0.2, 0.25) is 0 Å². The second-order valence-corrected chi connectivity index (χ2v) is 11.5. The van der Waals surface area contributed by atoms with E-state index >= 15 is 0 Å². The predicted octanol–water partition coefficient (Wildman–Crippen LogP) is 11.0. The summed E-state index contributed by atoms with van der Waals surface area (Å²) in [6, 6.07) is 52.8. The molecule has 0 bridgehead atoms. The standard InChI is InChI=1S/C41H29N3/c1-2-40-42-36-17-10-18-38-41(36)44(40)37-24-23-29(26-39(37)43(38)31-12-4-3-5-13-31)27-19-21-28(22-20-27)35-25-30-11-6-7-14-32(30)33-15-8-9-16-34(33)35/h3-26H,2H2,1H3. The maximum Gasteiger partial charge on any atom is 0.114 e. The van der Waals surface area contributed by atoms with Gasteiger partial charge in [0.05, 0.1) is 28.1 Å². The summed E-state index contributed by atoms with van der Waals surface area (Å²) < 4.78 is 2.36. The van der Waals surface area contributed by atoms with E-state index in [-0.39, 0.29) is 0 Å². The van der Waals surface area contributed by atoms with Crippen molar-refractivity contribution in [1.82, 2.24) is 9.55 Å². The number of aromatic nitrogens is 2. The molecule has 0 saturated carbocycles. The maximum absolute atomic E-state index is 5.03. The van der Waals surface area contributed by atoms with Gasteiger partial charge in [0.15, 0.2) is 0 Å². The van der Waals surface area contributed by atoms with Crippen LogP contribution in [0.25, 0.3) is 60.5 Å². The normalized spacial score (nSPS) is 12.2. The lowest BCUT2D eigenvalue weighted by Crippen LogP contribution is -2.19. The summed E-state index contributed by atoms with van der Waals surface area (Å²) in [5.41, 5.74) is 11.7. The van der Waals surface area contributed by atoms with Gasteiger partial charge in [-0.2, -0.15) is 0 Å². The van der Waals surface area contributed by atoms with Crippen LogP contribution < -0.4 is 4.90 Å². The highest BCUT2D eigenvalue weighted by atomic mass is 15.2. The Morgan fingerprint density at radius 3 is 2.05 bits per heavy atom. The number of benzene rings is 7. The molecule has 208 valence electrons. The highest BCUT2D eigenvalue weighted by molar-refractivity contribution is 6.13. The fraction of sp³-hybridized carbons (Fsp3) is 0.0488. The predicted molar refractivity (Wildman–Crippen MR) is 185 cm³/mol. The molecule has 0 atom stereocenters. The van der Waals surface area contributed by atoms with Gasteiger partial charge < -0.3 is 4.90 Å². The lowest BCUT2D eigenvalue weighted by atomic mass is 9.92. The quantitative estimate of drug-likeness (QED) is 0.199. The smallest absolute Gasteiger partial charge is 0.114 e. The van der Waals surface area contributed by atoms with Crippen LogP contribution in [-0.2, 0) is 6.42 Å². The first kappa shape index (κ1) is 24.9. The average Bonchev–Trinajstić information content (AvgIpc) is 3.48. The number of aryl methyl sites for hydroxylation is 1. The van der Waals surface area contributed by atoms with Crippen molar-refractivity contribution in [2.45, 2.75) is 13.3 Å². The van der Waals surface area contributed by atoms with E-state index < -0.39 is 0 Å². The highest BCUT2D eigenvalue weighted by Crippen LogP contribution is 2.48. The van der Waals surface area contributed by atoms with E-state index in [4.69, 9.17) is 4.98 Å². The number of fused-ring (bicyclic) bond motifs is 5. The second kappa shape index (κ2) is 9.68. The molecule has 0 aliphatic carbocycles. The van der Waals surface area contributed by atoms with Crippen molar-refractivity contribution in [2.75, 3.05) is 4.90 Å². The van der Waals surface area contributed by atoms with Gasteiger partial charge in [0, 0.05) is 12.1 Å². The van der Waals surface area contributed by atoms with Crippen LogP contribution in [0.1, 0.15) is 12.7 Å². The molecule has 3 heteroatoms. The first-order valence-corrected chi connectivity index (χ1v) is 15.3. The lowest BCUT2D eigenvalue weighted by Gasteiger charge is -2.33. The molecule has 1 aromatic heterocycles. The van der Waals surface area contributed by atoms with Crippen molar-refractivity contribution < 1.29 is 0 Å². The van der Waals surface area contributed by atoms with E-state index in [0.717, 1.165) is 40.5 Å². The molecule has 3 nitrogen and oxygen atoms in total. The summed E-state index contributed by atoms with van der Waals surface area (Å²) in [6.45, 7) is 2.18. The molecule has 9 rings (SSSR count). The van der Waals surface area contributed by atoms with Gasteiger partial charge in [-0.05, 0) is 86.3 Å².